The van der Waals surface area contributed by atoms with Gasteiger partial charge in [0.1, 0.15) is 11.6 Å². The molecule has 0 atom stereocenters. The molecule has 4 rings (SSSR count). The first-order valence-corrected chi connectivity index (χ1v) is 10.2. The lowest BCUT2D eigenvalue weighted by molar-refractivity contribution is 0.268. The monoisotopic (exact) mass is 395 g/mol. The van der Waals surface area contributed by atoms with Crippen LogP contribution in [0.1, 0.15) is 29.8 Å². The number of aliphatic hydroxyl groups is 1. The summed E-state index contributed by atoms with van der Waals surface area (Å²) in [5, 5.41) is 13.9. The van der Waals surface area contributed by atoms with Crippen molar-refractivity contribution in [1.82, 2.24) is 24.2 Å². The van der Waals surface area contributed by atoms with Crippen molar-refractivity contribution in [2.45, 2.75) is 39.8 Å². The summed E-state index contributed by atoms with van der Waals surface area (Å²) in [6.07, 6.45) is 6.33. The lowest BCUT2D eigenvalue weighted by atomic mass is 10.1. The molecule has 0 spiro atoms. The summed E-state index contributed by atoms with van der Waals surface area (Å²) in [5.74, 6) is 1.80. The Hall–Kier alpha value is -2.64. The first-order valence-electron chi connectivity index (χ1n) is 10.2. The molecule has 1 saturated heterocycles. The van der Waals surface area contributed by atoms with Crippen molar-refractivity contribution >= 4 is 0 Å². The summed E-state index contributed by atoms with van der Waals surface area (Å²) in [4.78, 5) is 7.12. The summed E-state index contributed by atoms with van der Waals surface area (Å²) >= 11 is 0. The molecule has 29 heavy (non-hydrogen) atoms. The third-order valence-electron chi connectivity index (χ3n) is 5.67. The van der Waals surface area contributed by atoms with Gasteiger partial charge in [-0.1, -0.05) is 0 Å². The van der Waals surface area contributed by atoms with Crippen molar-refractivity contribution < 1.29 is 9.84 Å². The van der Waals surface area contributed by atoms with E-state index in [-0.39, 0.29) is 6.61 Å². The lowest BCUT2D eigenvalue weighted by Gasteiger charge is -2.18. The number of rotatable bonds is 7. The van der Waals surface area contributed by atoms with Gasteiger partial charge in [0.15, 0.2) is 0 Å². The molecule has 1 aromatic carbocycles. The molecule has 0 bridgehead atoms. The van der Waals surface area contributed by atoms with Gasteiger partial charge < -0.3 is 9.84 Å². The fourth-order valence-electron chi connectivity index (χ4n) is 4.27. The molecule has 154 valence electrons. The van der Waals surface area contributed by atoms with Crippen LogP contribution in [-0.4, -0.2) is 56.1 Å². The zero-order valence-corrected chi connectivity index (χ0v) is 17.4. The largest absolute Gasteiger partial charge is 0.496 e. The fourth-order valence-corrected chi connectivity index (χ4v) is 4.27. The highest BCUT2D eigenvalue weighted by Crippen LogP contribution is 2.30. The highest BCUT2D eigenvalue weighted by Gasteiger charge is 2.19. The SMILES string of the molecule is COc1ccc(-c2nccn2-c2c(C)nn(CCO)c2C)cc1CN1CCCC1. The number of ether oxygens (including phenoxy) is 1. The molecular formula is C22H29N5O2. The molecule has 7 nitrogen and oxygen atoms in total. The topological polar surface area (TPSA) is 68.3 Å². The first kappa shape index (κ1) is 19.7. The van der Waals surface area contributed by atoms with E-state index in [4.69, 9.17) is 4.74 Å². The molecule has 1 aliphatic rings. The number of aliphatic hydroxyl groups excluding tert-OH is 1. The summed E-state index contributed by atoms with van der Waals surface area (Å²) in [6.45, 7) is 7.75. The molecule has 2 aromatic heterocycles. The summed E-state index contributed by atoms with van der Waals surface area (Å²) in [6, 6.07) is 6.29. The van der Waals surface area contributed by atoms with Gasteiger partial charge in [0.05, 0.1) is 37.3 Å². The summed E-state index contributed by atoms with van der Waals surface area (Å²) in [7, 11) is 1.73. The van der Waals surface area contributed by atoms with E-state index in [0.29, 0.717) is 6.54 Å². The van der Waals surface area contributed by atoms with Crippen molar-refractivity contribution in [2.75, 3.05) is 26.8 Å². The van der Waals surface area contributed by atoms with Crippen molar-refractivity contribution in [3.05, 3.63) is 47.5 Å². The molecule has 0 amide bonds. The van der Waals surface area contributed by atoms with Crippen LogP contribution in [0.3, 0.4) is 0 Å². The molecule has 0 aliphatic carbocycles. The van der Waals surface area contributed by atoms with Crippen LogP contribution in [0, 0.1) is 13.8 Å². The number of benzene rings is 1. The molecule has 3 aromatic rings. The van der Waals surface area contributed by atoms with Crippen molar-refractivity contribution in [1.29, 1.82) is 0 Å². The van der Waals surface area contributed by atoms with Crippen molar-refractivity contribution in [3.63, 3.8) is 0 Å². The number of aryl methyl sites for hydroxylation is 1. The van der Waals surface area contributed by atoms with Gasteiger partial charge in [-0.15, -0.1) is 0 Å². The van der Waals surface area contributed by atoms with Gasteiger partial charge in [-0.25, -0.2) is 4.98 Å². The smallest absolute Gasteiger partial charge is 0.144 e. The Kier molecular flexibility index (Phi) is 5.69. The predicted octanol–water partition coefficient (Wildman–Crippen LogP) is 2.95. The average molecular weight is 396 g/mol. The Bertz CT molecular complexity index is 985. The minimum Gasteiger partial charge on any atom is -0.496 e. The normalized spacial score (nSPS) is 14.6. The van der Waals surface area contributed by atoms with Crippen LogP contribution in [0.25, 0.3) is 17.1 Å². The van der Waals surface area contributed by atoms with E-state index in [0.717, 1.165) is 53.8 Å². The maximum Gasteiger partial charge on any atom is 0.144 e. The van der Waals surface area contributed by atoms with E-state index in [2.05, 4.69) is 31.7 Å². The number of hydrogen-bond donors (Lipinski definition) is 1. The highest BCUT2D eigenvalue weighted by atomic mass is 16.5. The van der Waals surface area contributed by atoms with Gasteiger partial charge in [0.2, 0.25) is 0 Å². The first-order chi connectivity index (χ1) is 14.1. The van der Waals surface area contributed by atoms with E-state index >= 15 is 0 Å². The number of likely N-dealkylation sites (tertiary alicyclic amines) is 1. The molecule has 0 saturated carbocycles. The summed E-state index contributed by atoms with van der Waals surface area (Å²) < 4.78 is 9.56. The molecule has 1 fully saturated rings. The van der Waals surface area contributed by atoms with Gasteiger partial charge in [-0.05, 0) is 58.0 Å². The van der Waals surface area contributed by atoms with Crippen LogP contribution >= 0.6 is 0 Å². The minimum absolute atomic E-state index is 0.0660. The van der Waals surface area contributed by atoms with Gasteiger partial charge >= 0.3 is 0 Å². The van der Waals surface area contributed by atoms with Crippen molar-refractivity contribution in [2.24, 2.45) is 0 Å². The van der Waals surface area contributed by atoms with Gasteiger partial charge in [-0.3, -0.25) is 14.1 Å². The number of aromatic nitrogens is 4. The maximum absolute atomic E-state index is 9.31. The zero-order valence-electron chi connectivity index (χ0n) is 17.4. The zero-order chi connectivity index (χ0) is 20.4. The van der Waals surface area contributed by atoms with Crippen LogP contribution < -0.4 is 4.74 Å². The maximum atomic E-state index is 9.31. The van der Waals surface area contributed by atoms with Gasteiger partial charge in [-0.2, -0.15) is 5.10 Å². The van der Waals surface area contributed by atoms with Crippen LogP contribution in [-0.2, 0) is 13.1 Å². The minimum atomic E-state index is 0.0660. The van der Waals surface area contributed by atoms with E-state index in [1.165, 1.54) is 18.4 Å². The van der Waals surface area contributed by atoms with Crippen LogP contribution in [0.5, 0.6) is 5.75 Å². The number of imidazole rings is 1. The fraction of sp³-hybridized carbons (Fsp3) is 0.455. The summed E-state index contributed by atoms with van der Waals surface area (Å²) in [5.41, 5.74) is 5.19. The average Bonchev–Trinajstić information content (AvgIpc) is 3.44. The molecule has 7 heteroatoms. The Morgan fingerprint density at radius 2 is 1.97 bits per heavy atom. The predicted molar refractivity (Wildman–Crippen MR) is 112 cm³/mol. The Morgan fingerprint density at radius 3 is 2.69 bits per heavy atom. The lowest BCUT2D eigenvalue weighted by Crippen LogP contribution is -2.18. The van der Waals surface area contributed by atoms with E-state index in [1.54, 1.807) is 7.11 Å². The highest BCUT2D eigenvalue weighted by molar-refractivity contribution is 5.63. The Labute approximate surface area is 171 Å². The Morgan fingerprint density at radius 1 is 1.17 bits per heavy atom. The Balaban J connectivity index is 1.73. The molecule has 1 N–H and O–H groups in total. The number of hydrogen-bond acceptors (Lipinski definition) is 5. The number of methoxy groups -OCH3 is 1. The standard InChI is InChI=1S/C22H29N5O2/c1-16-21(17(2)27(24-16)12-13-28)26-11-8-23-22(26)18-6-7-20(29-3)19(14-18)15-25-9-4-5-10-25/h6-8,11,14,28H,4-5,9-10,12-13,15H2,1-3H3. The third-order valence-corrected chi connectivity index (χ3v) is 5.67. The van der Waals surface area contributed by atoms with E-state index in [1.807, 2.05) is 37.0 Å². The molecular weight excluding hydrogens is 366 g/mol. The van der Waals surface area contributed by atoms with Crippen LogP contribution in [0.15, 0.2) is 30.6 Å². The third kappa shape index (κ3) is 3.80. The second-order valence-corrected chi connectivity index (χ2v) is 7.60. The molecule has 0 radical (unpaired) electrons. The van der Waals surface area contributed by atoms with Crippen LogP contribution in [0.4, 0.5) is 0 Å². The van der Waals surface area contributed by atoms with Crippen molar-refractivity contribution in [3.8, 4) is 22.8 Å². The quantitative estimate of drug-likeness (QED) is 0.666. The second-order valence-electron chi connectivity index (χ2n) is 7.60. The number of nitrogens with zero attached hydrogens (tertiary/aromatic N) is 5. The van der Waals surface area contributed by atoms with E-state index < -0.39 is 0 Å². The van der Waals surface area contributed by atoms with Crippen LogP contribution in [0.2, 0.25) is 0 Å². The molecule has 1 aliphatic heterocycles. The van der Waals surface area contributed by atoms with E-state index in [9.17, 15) is 5.11 Å². The molecule has 0 unspecified atom stereocenters. The molecule has 3 heterocycles. The van der Waals surface area contributed by atoms with Gasteiger partial charge in [0.25, 0.3) is 0 Å². The second kappa shape index (κ2) is 8.39. The van der Waals surface area contributed by atoms with Gasteiger partial charge in [0, 0.05) is 30.1 Å².